The number of aromatic nitrogens is 3. The average molecular weight is 319 g/mol. The van der Waals surface area contributed by atoms with Crippen molar-refractivity contribution in [3.05, 3.63) is 72.2 Å². The van der Waals surface area contributed by atoms with E-state index in [1.807, 2.05) is 59.4 Å². The van der Waals surface area contributed by atoms with Gasteiger partial charge in [-0.3, -0.25) is 4.68 Å². The van der Waals surface area contributed by atoms with Gasteiger partial charge in [0.05, 0.1) is 18.3 Å². The third kappa shape index (κ3) is 2.54. The predicted molar refractivity (Wildman–Crippen MR) is 87.7 cm³/mol. The summed E-state index contributed by atoms with van der Waals surface area (Å²) in [6, 6.07) is 15.7. The SMILES string of the molecule is O=C(O)c1coc(-c2ccc(Cn3ncc4ccccc43)cc2)n1. The van der Waals surface area contributed by atoms with Gasteiger partial charge in [-0.25, -0.2) is 9.78 Å². The van der Waals surface area contributed by atoms with Crippen LogP contribution < -0.4 is 0 Å². The molecule has 0 saturated heterocycles. The van der Waals surface area contributed by atoms with Crippen molar-refractivity contribution in [2.45, 2.75) is 6.54 Å². The zero-order valence-corrected chi connectivity index (χ0v) is 12.6. The van der Waals surface area contributed by atoms with Crippen molar-refractivity contribution in [1.82, 2.24) is 14.8 Å². The maximum absolute atomic E-state index is 10.9. The summed E-state index contributed by atoms with van der Waals surface area (Å²) in [4.78, 5) is 14.8. The van der Waals surface area contributed by atoms with Crippen LogP contribution in [0.1, 0.15) is 16.1 Å². The molecule has 0 aliphatic rings. The number of para-hydroxylation sites is 1. The van der Waals surface area contributed by atoms with Crippen molar-refractivity contribution in [1.29, 1.82) is 0 Å². The van der Waals surface area contributed by atoms with Crippen molar-refractivity contribution in [2.24, 2.45) is 0 Å². The van der Waals surface area contributed by atoms with E-state index in [4.69, 9.17) is 9.52 Å². The van der Waals surface area contributed by atoms with E-state index in [0.29, 0.717) is 12.4 Å². The van der Waals surface area contributed by atoms with Crippen LogP contribution in [0.2, 0.25) is 0 Å². The molecule has 6 nitrogen and oxygen atoms in total. The molecule has 0 bridgehead atoms. The zero-order chi connectivity index (χ0) is 16.5. The first-order valence-corrected chi connectivity index (χ1v) is 7.39. The molecule has 4 rings (SSSR count). The Kier molecular flexibility index (Phi) is 3.35. The van der Waals surface area contributed by atoms with Crippen LogP contribution in [0.4, 0.5) is 0 Å². The summed E-state index contributed by atoms with van der Waals surface area (Å²) < 4.78 is 7.15. The fourth-order valence-corrected chi connectivity index (χ4v) is 2.58. The van der Waals surface area contributed by atoms with Crippen molar-refractivity contribution >= 4 is 16.9 Å². The van der Waals surface area contributed by atoms with Crippen molar-refractivity contribution in [3.8, 4) is 11.5 Å². The summed E-state index contributed by atoms with van der Waals surface area (Å²) in [5.41, 5.74) is 2.80. The second-order valence-electron chi connectivity index (χ2n) is 5.40. The van der Waals surface area contributed by atoms with Gasteiger partial charge in [0.1, 0.15) is 6.26 Å². The quantitative estimate of drug-likeness (QED) is 0.623. The molecule has 0 unspecified atom stereocenters. The number of hydrogen-bond donors (Lipinski definition) is 1. The van der Waals surface area contributed by atoms with Gasteiger partial charge in [-0.1, -0.05) is 30.3 Å². The normalized spacial score (nSPS) is 11.0. The molecule has 2 aromatic carbocycles. The second-order valence-corrected chi connectivity index (χ2v) is 5.40. The van der Waals surface area contributed by atoms with Crippen LogP contribution >= 0.6 is 0 Å². The molecule has 0 fully saturated rings. The third-order valence-corrected chi connectivity index (χ3v) is 3.81. The fourth-order valence-electron chi connectivity index (χ4n) is 2.58. The first kappa shape index (κ1) is 14.2. The summed E-state index contributed by atoms with van der Waals surface area (Å²) in [6.07, 6.45) is 2.99. The lowest BCUT2D eigenvalue weighted by Crippen LogP contribution is -2.01. The molecule has 0 aliphatic heterocycles. The summed E-state index contributed by atoms with van der Waals surface area (Å²) >= 11 is 0. The molecule has 24 heavy (non-hydrogen) atoms. The first-order chi connectivity index (χ1) is 11.7. The molecule has 0 spiro atoms. The van der Waals surface area contributed by atoms with Crippen molar-refractivity contribution in [3.63, 3.8) is 0 Å². The van der Waals surface area contributed by atoms with E-state index < -0.39 is 5.97 Å². The molecule has 0 amide bonds. The molecule has 4 aromatic rings. The lowest BCUT2D eigenvalue weighted by molar-refractivity contribution is 0.0690. The minimum absolute atomic E-state index is 0.0999. The zero-order valence-electron chi connectivity index (χ0n) is 12.6. The Morgan fingerprint density at radius 3 is 2.67 bits per heavy atom. The molecule has 0 saturated carbocycles. The van der Waals surface area contributed by atoms with E-state index in [1.165, 1.54) is 0 Å². The van der Waals surface area contributed by atoms with Crippen LogP contribution in [0.25, 0.3) is 22.4 Å². The van der Waals surface area contributed by atoms with Gasteiger partial charge in [-0.2, -0.15) is 5.10 Å². The highest BCUT2D eigenvalue weighted by atomic mass is 16.4. The highest BCUT2D eigenvalue weighted by Crippen LogP contribution is 2.20. The molecule has 118 valence electrons. The summed E-state index contributed by atoms with van der Waals surface area (Å²) in [6.45, 7) is 0.653. The van der Waals surface area contributed by atoms with E-state index in [9.17, 15) is 4.79 Å². The van der Waals surface area contributed by atoms with Crippen LogP contribution in [0.3, 0.4) is 0 Å². The Balaban J connectivity index is 1.58. The molecule has 1 N–H and O–H groups in total. The fraction of sp³-hybridized carbons (Fsp3) is 0.0556. The van der Waals surface area contributed by atoms with Crippen LogP contribution in [0.15, 0.2) is 65.4 Å². The number of aromatic carboxylic acids is 1. The van der Waals surface area contributed by atoms with Crippen LogP contribution in [-0.2, 0) is 6.54 Å². The number of oxazole rings is 1. The number of carboxylic acids is 1. The Morgan fingerprint density at radius 1 is 1.12 bits per heavy atom. The Morgan fingerprint density at radius 2 is 1.92 bits per heavy atom. The third-order valence-electron chi connectivity index (χ3n) is 3.81. The number of fused-ring (bicyclic) bond motifs is 1. The highest BCUT2D eigenvalue weighted by Gasteiger charge is 2.12. The minimum atomic E-state index is -1.10. The summed E-state index contributed by atoms with van der Waals surface area (Å²) in [5.74, 6) is -0.810. The van der Waals surface area contributed by atoms with Gasteiger partial charge in [-0.05, 0) is 23.8 Å². The number of hydrogen-bond acceptors (Lipinski definition) is 4. The van der Waals surface area contributed by atoms with E-state index >= 15 is 0 Å². The van der Waals surface area contributed by atoms with Crippen molar-refractivity contribution in [2.75, 3.05) is 0 Å². The Bertz CT molecular complexity index is 1020. The number of benzene rings is 2. The van der Waals surface area contributed by atoms with E-state index in [2.05, 4.69) is 10.1 Å². The summed E-state index contributed by atoms with van der Waals surface area (Å²) in [7, 11) is 0. The van der Waals surface area contributed by atoms with Gasteiger partial charge >= 0.3 is 5.97 Å². The smallest absolute Gasteiger partial charge is 0.357 e. The van der Waals surface area contributed by atoms with E-state index in [-0.39, 0.29) is 5.69 Å². The van der Waals surface area contributed by atoms with Gasteiger partial charge in [0.2, 0.25) is 5.89 Å². The standard InChI is InChI=1S/C18H13N3O3/c22-18(23)15-11-24-17(20-15)13-7-5-12(6-8-13)10-21-16-4-2-1-3-14(16)9-19-21/h1-9,11H,10H2,(H,22,23). The monoisotopic (exact) mass is 319 g/mol. The summed E-state index contributed by atoms with van der Waals surface area (Å²) in [5, 5.41) is 14.4. The van der Waals surface area contributed by atoms with Gasteiger partial charge in [0, 0.05) is 10.9 Å². The first-order valence-electron chi connectivity index (χ1n) is 7.39. The lowest BCUT2D eigenvalue weighted by atomic mass is 10.1. The second kappa shape index (κ2) is 5.66. The molecule has 0 aliphatic carbocycles. The minimum Gasteiger partial charge on any atom is -0.476 e. The van der Waals surface area contributed by atoms with Crippen molar-refractivity contribution < 1.29 is 14.3 Å². The maximum Gasteiger partial charge on any atom is 0.357 e. The molecule has 0 radical (unpaired) electrons. The molecule has 2 aromatic heterocycles. The lowest BCUT2D eigenvalue weighted by Gasteiger charge is -2.04. The number of rotatable bonds is 4. The Labute approximate surface area is 137 Å². The molecule has 0 atom stereocenters. The van der Waals surface area contributed by atoms with Gasteiger partial charge in [0.25, 0.3) is 0 Å². The van der Waals surface area contributed by atoms with Crippen LogP contribution in [0.5, 0.6) is 0 Å². The van der Waals surface area contributed by atoms with Crippen LogP contribution in [-0.4, -0.2) is 25.8 Å². The maximum atomic E-state index is 10.9. The average Bonchev–Trinajstić information content (AvgIpc) is 3.24. The van der Waals surface area contributed by atoms with Gasteiger partial charge < -0.3 is 9.52 Å². The van der Waals surface area contributed by atoms with Gasteiger partial charge in [0.15, 0.2) is 5.69 Å². The molecular formula is C18H13N3O3. The Hall–Kier alpha value is -3.41. The predicted octanol–water partition coefficient (Wildman–Crippen LogP) is 3.44. The highest BCUT2D eigenvalue weighted by molar-refractivity contribution is 5.85. The number of carbonyl (C=O) groups is 1. The van der Waals surface area contributed by atoms with Gasteiger partial charge in [-0.15, -0.1) is 0 Å². The molecule has 6 heteroatoms. The largest absolute Gasteiger partial charge is 0.476 e. The van der Waals surface area contributed by atoms with Crippen LogP contribution in [0, 0.1) is 0 Å². The van der Waals surface area contributed by atoms with E-state index in [1.54, 1.807) is 0 Å². The topological polar surface area (TPSA) is 81.1 Å². The van der Waals surface area contributed by atoms with E-state index in [0.717, 1.165) is 28.3 Å². The molecule has 2 heterocycles. The number of nitrogens with zero attached hydrogens (tertiary/aromatic N) is 3. The number of carboxylic acid groups (broad SMARTS) is 1. The molecular weight excluding hydrogens is 306 g/mol.